The minimum Gasteiger partial charge on any atom is -0.493 e. The monoisotopic (exact) mass is 326 g/mol. The molecule has 1 aromatic heterocycles. The van der Waals surface area contributed by atoms with Gasteiger partial charge in [-0.05, 0) is 24.1 Å². The zero-order chi connectivity index (χ0) is 17.1. The molecule has 0 fully saturated rings. The number of carbonyl (C=O) groups is 2. The summed E-state index contributed by atoms with van der Waals surface area (Å²) >= 11 is 0. The molecule has 2 heterocycles. The summed E-state index contributed by atoms with van der Waals surface area (Å²) in [6.07, 6.45) is 2.85. The second kappa shape index (κ2) is 6.70. The molecule has 3 rings (SSSR count). The van der Waals surface area contributed by atoms with E-state index in [0.717, 1.165) is 23.3 Å². The maximum atomic E-state index is 12.5. The van der Waals surface area contributed by atoms with Crippen LogP contribution in [0.25, 0.3) is 0 Å². The Labute approximate surface area is 139 Å². The van der Waals surface area contributed by atoms with Crippen molar-refractivity contribution in [3.05, 3.63) is 58.9 Å². The number of amides is 1. The summed E-state index contributed by atoms with van der Waals surface area (Å²) in [5.74, 6) is -0.634. The molecule has 0 spiro atoms. The number of carboxylic acid groups (broad SMARTS) is 1. The van der Waals surface area contributed by atoms with Crippen LogP contribution in [0.3, 0.4) is 0 Å². The lowest BCUT2D eigenvalue weighted by atomic mass is 9.96. The molecule has 0 bridgehead atoms. The number of rotatable bonds is 4. The molecule has 1 aliphatic rings. The van der Waals surface area contributed by atoms with Crippen LogP contribution in [0.5, 0.6) is 5.75 Å². The number of aromatic nitrogens is 1. The number of aryl methyl sites for hydroxylation is 1. The number of benzene rings is 1. The topological polar surface area (TPSA) is 88.5 Å². The number of carbonyl (C=O) groups excluding carboxylic acids is 1. The average molecular weight is 326 g/mol. The molecule has 6 heteroatoms. The van der Waals surface area contributed by atoms with E-state index < -0.39 is 5.97 Å². The van der Waals surface area contributed by atoms with Crippen molar-refractivity contribution in [3.8, 4) is 5.75 Å². The van der Waals surface area contributed by atoms with E-state index in [1.165, 1.54) is 18.3 Å². The maximum absolute atomic E-state index is 12.5. The van der Waals surface area contributed by atoms with Crippen LogP contribution in [-0.2, 0) is 6.42 Å². The first-order valence-corrected chi connectivity index (χ1v) is 7.85. The first kappa shape index (κ1) is 16.0. The highest BCUT2D eigenvalue weighted by Crippen LogP contribution is 2.35. The Kier molecular flexibility index (Phi) is 4.46. The largest absolute Gasteiger partial charge is 0.493 e. The summed E-state index contributed by atoms with van der Waals surface area (Å²) in [7, 11) is 0. The van der Waals surface area contributed by atoms with Crippen molar-refractivity contribution >= 4 is 11.9 Å². The minimum absolute atomic E-state index is 0.150. The molecule has 2 N–H and O–H groups in total. The third-order valence-electron chi connectivity index (χ3n) is 4.08. The van der Waals surface area contributed by atoms with Gasteiger partial charge < -0.3 is 15.2 Å². The Bertz CT molecular complexity index is 788. The number of fused-ring (bicyclic) bond motifs is 1. The van der Waals surface area contributed by atoms with E-state index in [2.05, 4.69) is 17.2 Å². The number of pyridine rings is 1. The summed E-state index contributed by atoms with van der Waals surface area (Å²) in [6, 6.07) is 8.55. The quantitative estimate of drug-likeness (QED) is 0.901. The zero-order valence-electron chi connectivity index (χ0n) is 13.3. The highest BCUT2D eigenvalue weighted by molar-refractivity contribution is 5.96. The van der Waals surface area contributed by atoms with Gasteiger partial charge in [-0.15, -0.1) is 0 Å². The SMILES string of the molecule is CCc1cccc2c1OCCC2NC(=O)c1ccnc(C(=O)O)c1. The molecule has 1 amide bonds. The summed E-state index contributed by atoms with van der Waals surface area (Å²) in [5.41, 5.74) is 2.20. The van der Waals surface area contributed by atoms with Gasteiger partial charge in [-0.25, -0.2) is 9.78 Å². The molecule has 1 aromatic carbocycles. The number of ether oxygens (including phenoxy) is 1. The molecule has 24 heavy (non-hydrogen) atoms. The Balaban J connectivity index is 1.84. The normalized spacial score (nSPS) is 16.0. The number of hydrogen-bond acceptors (Lipinski definition) is 4. The summed E-state index contributed by atoms with van der Waals surface area (Å²) < 4.78 is 5.77. The smallest absolute Gasteiger partial charge is 0.354 e. The van der Waals surface area contributed by atoms with Gasteiger partial charge in [0.2, 0.25) is 0 Å². The number of para-hydroxylation sites is 1. The fourth-order valence-electron chi connectivity index (χ4n) is 2.85. The van der Waals surface area contributed by atoms with Crippen LogP contribution in [0, 0.1) is 0 Å². The summed E-state index contributed by atoms with van der Waals surface area (Å²) in [5, 5.41) is 12.0. The van der Waals surface area contributed by atoms with Crippen LogP contribution in [0.4, 0.5) is 0 Å². The van der Waals surface area contributed by atoms with Crippen molar-refractivity contribution in [2.45, 2.75) is 25.8 Å². The third-order valence-corrected chi connectivity index (χ3v) is 4.08. The van der Waals surface area contributed by atoms with Crippen LogP contribution in [0.15, 0.2) is 36.5 Å². The predicted molar refractivity (Wildman–Crippen MR) is 87.3 cm³/mol. The molecule has 2 aromatic rings. The van der Waals surface area contributed by atoms with E-state index >= 15 is 0 Å². The zero-order valence-corrected chi connectivity index (χ0v) is 13.3. The van der Waals surface area contributed by atoms with Gasteiger partial charge in [0.05, 0.1) is 12.6 Å². The lowest BCUT2D eigenvalue weighted by Crippen LogP contribution is -2.32. The van der Waals surface area contributed by atoms with E-state index in [4.69, 9.17) is 9.84 Å². The van der Waals surface area contributed by atoms with E-state index in [1.54, 1.807) is 0 Å². The Morgan fingerprint density at radius 2 is 2.21 bits per heavy atom. The fourth-order valence-corrected chi connectivity index (χ4v) is 2.85. The summed E-state index contributed by atoms with van der Waals surface area (Å²) in [4.78, 5) is 27.2. The fraction of sp³-hybridized carbons (Fsp3) is 0.278. The second-order valence-corrected chi connectivity index (χ2v) is 5.59. The molecule has 0 saturated heterocycles. The molecule has 0 aliphatic carbocycles. The lowest BCUT2D eigenvalue weighted by Gasteiger charge is -2.28. The van der Waals surface area contributed by atoms with Gasteiger partial charge in [0.25, 0.3) is 5.91 Å². The van der Waals surface area contributed by atoms with Gasteiger partial charge in [0, 0.05) is 23.7 Å². The van der Waals surface area contributed by atoms with Crippen molar-refractivity contribution in [1.82, 2.24) is 10.3 Å². The van der Waals surface area contributed by atoms with Gasteiger partial charge in [-0.3, -0.25) is 4.79 Å². The molecule has 0 radical (unpaired) electrons. The molecule has 1 unspecified atom stereocenters. The molecular formula is C18H18N2O4. The van der Waals surface area contributed by atoms with Crippen LogP contribution in [0.2, 0.25) is 0 Å². The number of nitrogens with zero attached hydrogens (tertiary/aromatic N) is 1. The van der Waals surface area contributed by atoms with Gasteiger partial charge in [0.15, 0.2) is 0 Å². The molecular weight excluding hydrogens is 308 g/mol. The van der Waals surface area contributed by atoms with E-state index in [0.29, 0.717) is 13.0 Å². The van der Waals surface area contributed by atoms with Crippen molar-refractivity contribution < 1.29 is 19.4 Å². The van der Waals surface area contributed by atoms with Gasteiger partial charge in [-0.2, -0.15) is 0 Å². The first-order valence-electron chi connectivity index (χ1n) is 7.85. The Morgan fingerprint density at radius 1 is 1.38 bits per heavy atom. The highest BCUT2D eigenvalue weighted by atomic mass is 16.5. The van der Waals surface area contributed by atoms with Gasteiger partial charge in [-0.1, -0.05) is 25.1 Å². The van der Waals surface area contributed by atoms with Gasteiger partial charge in [0.1, 0.15) is 11.4 Å². The summed E-state index contributed by atoms with van der Waals surface area (Å²) in [6.45, 7) is 2.59. The minimum atomic E-state index is -1.16. The average Bonchev–Trinajstić information content (AvgIpc) is 2.61. The standard InChI is InChI=1S/C18H18N2O4/c1-2-11-4-3-5-13-14(7-9-24-16(11)13)20-17(21)12-6-8-19-15(10-12)18(22)23/h3-6,8,10,14H,2,7,9H2,1H3,(H,20,21)(H,22,23). The van der Waals surface area contributed by atoms with E-state index in [-0.39, 0.29) is 23.2 Å². The lowest BCUT2D eigenvalue weighted by molar-refractivity contribution is 0.0690. The van der Waals surface area contributed by atoms with Crippen molar-refractivity contribution in [2.75, 3.05) is 6.61 Å². The van der Waals surface area contributed by atoms with Crippen LogP contribution in [-0.4, -0.2) is 28.6 Å². The Morgan fingerprint density at radius 3 is 2.96 bits per heavy atom. The van der Waals surface area contributed by atoms with Crippen LogP contribution >= 0.6 is 0 Å². The molecule has 0 saturated carbocycles. The number of nitrogens with one attached hydrogen (secondary N) is 1. The van der Waals surface area contributed by atoms with Crippen LogP contribution in [0.1, 0.15) is 51.4 Å². The van der Waals surface area contributed by atoms with Crippen molar-refractivity contribution in [3.63, 3.8) is 0 Å². The highest BCUT2D eigenvalue weighted by Gasteiger charge is 2.25. The predicted octanol–water partition coefficient (Wildman–Crippen LogP) is 2.60. The molecule has 1 aliphatic heterocycles. The molecule has 124 valence electrons. The van der Waals surface area contributed by atoms with E-state index in [1.807, 2.05) is 18.2 Å². The Hall–Kier alpha value is -2.89. The third kappa shape index (κ3) is 3.08. The molecule has 1 atom stereocenters. The molecule has 6 nitrogen and oxygen atoms in total. The number of carboxylic acids is 1. The number of hydrogen-bond donors (Lipinski definition) is 2. The maximum Gasteiger partial charge on any atom is 0.354 e. The second-order valence-electron chi connectivity index (χ2n) is 5.59. The van der Waals surface area contributed by atoms with Gasteiger partial charge >= 0.3 is 5.97 Å². The number of aromatic carboxylic acids is 1. The van der Waals surface area contributed by atoms with Crippen molar-refractivity contribution in [1.29, 1.82) is 0 Å². The van der Waals surface area contributed by atoms with Crippen molar-refractivity contribution in [2.24, 2.45) is 0 Å². The van der Waals surface area contributed by atoms with E-state index in [9.17, 15) is 9.59 Å². The van der Waals surface area contributed by atoms with Crippen LogP contribution < -0.4 is 10.1 Å². The first-order chi connectivity index (χ1) is 11.6.